The fraction of sp³-hybridized carbons (Fsp3) is 0.0435. The standard InChI is InChI=1S/C23H18ClN3OS2/c24-17-8-6-15(7-9-17)20-14-29-23(26-20)27-22(28)21(16-4-2-1-3-5-16)30-19-12-10-18(25)11-13-19/h1-14,21H,25H2,(H,26,27,28). The first-order chi connectivity index (χ1) is 14.6. The molecule has 30 heavy (non-hydrogen) atoms. The van der Waals surface area contributed by atoms with Crippen molar-refractivity contribution in [3.05, 3.63) is 94.8 Å². The van der Waals surface area contributed by atoms with Crippen molar-refractivity contribution in [1.82, 2.24) is 4.98 Å². The highest BCUT2D eigenvalue weighted by Crippen LogP contribution is 2.37. The second-order valence-corrected chi connectivity index (χ2v) is 8.98. The fourth-order valence-corrected chi connectivity index (χ4v) is 4.71. The van der Waals surface area contributed by atoms with Crippen molar-refractivity contribution in [1.29, 1.82) is 0 Å². The van der Waals surface area contributed by atoms with E-state index >= 15 is 0 Å². The molecule has 3 N–H and O–H groups in total. The first-order valence-corrected chi connectivity index (χ1v) is 11.3. The Morgan fingerprint density at radius 3 is 2.40 bits per heavy atom. The predicted molar refractivity (Wildman–Crippen MR) is 127 cm³/mol. The van der Waals surface area contributed by atoms with Crippen LogP contribution in [-0.2, 0) is 4.79 Å². The van der Waals surface area contributed by atoms with Gasteiger partial charge < -0.3 is 11.1 Å². The number of thiazole rings is 1. The molecule has 0 aliphatic rings. The maximum absolute atomic E-state index is 13.2. The molecule has 1 unspecified atom stereocenters. The number of nitrogens with one attached hydrogen (secondary N) is 1. The van der Waals surface area contributed by atoms with Crippen molar-refractivity contribution >= 4 is 51.4 Å². The number of amides is 1. The molecule has 0 radical (unpaired) electrons. The van der Waals surface area contributed by atoms with Crippen LogP contribution in [0.15, 0.2) is 89.1 Å². The van der Waals surface area contributed by atoms with Gasteiger partial charge in [0.1, 0.15) is 5.25 Å². The second-order valence-electron chi connectivity index (χ2n) is 6.51. The third-order valence-electron chi connectivity index (χ3n) is 4.35. The molecule has 1 atom stereocenters. The van der Waals surface area contributed by atoms with Gasteiger partial charge in [0.25, 0.3) is 0 Å². The molecule has 4 nitrogen and oxygen atoms in total. The molecule has 0 saturated carbocycles. The van der Waals surface area contributed by atoms with Gasteiger partial charge in [-0.1, -0.05) is 54.1 Å². The van der Waals surface area contributed by atoms with Crippen LogP contribution in [0.5, 0.6) is 0 Å². The number of thioether (sulfide) groups is 1. The highest BCUT2D eigenvalue weighted by molar-refractivity contribution is 8.00. The summed E-state index contributed by atoms with van der Waals surface area (Å²) in [7, 11) is 0. The highest BCUT2D eigenvalue weighted by Gasteiger charge is 2.23. The van der Waals surface area contributed by atoms with Crippen LogP contribution in [0.25, 0.3) is 11.3 Å². The molecule has 0 aliphatic heterocycles. The fourth-order valence-electron chi connectivity index (χ4n) is 2.84. The van der Waals surface area contributed by atoms with Crippen LogP contribution >= 0.6 is 34.7 Å². The van der Waals surface area contributed by atoms with Gasteiger partial charge in [-0.15, -0.1) is 23.1 Å². The Morgan fingerprint density at radius 2 is 1.70 bits per heavy atom. The third-order valence-corrected chi connectivity index (χ3v) is 6.62. The Kier molecular flexibility index (Phi) is 6.38. The van der Waals surface area contributed by atoms with Crippen molar-refractivity contribution in [2.24, 2.45) is 0 Å². The smallest absolute Gasteiger partial charge is 0.244 e. The summed E-state index contributed by atoms with van der Waals surface area (Å²) in [5, 5.41) is 5.70. The van der Waals surface area contributed by atoms with Crippen LogP contribution < -0.4 is 11.1 Å². The molecule has 0 spiro atoms. The zero-order valence-electron chi connectivity index (χ0n) is 15.8. The average Bonchev–Trinajstić information content (AvgIpc) is 3.22. The van der Waals surface area contributed by atoms with Gasteiger partial charge in [-0.25, -0.2) is 4.98 Å². The number of rotatable bonds is 6. The third kappa shape index (κ3) is 5.02. The monoisotopic (exact) mass is 451 g/mol. The van der Waals surface area contributed by atoms with E-state index in [1.165, 1.54) is 23.1 Å². The van der Waals surface area contributed by atoms with Crippen LogP contribution in [0.3, 0.4) is 0 Å². The summed E-state index contributed by atoms with van der Waals surface area (Å²) in [5.74, 6) is -0.125. The molecular weight excluding hydrogens is 434 g/mol. The Hall–Kier alpha value is -2.80. The van der Waals surface area contributed by atoms with Crippen molar-refractivity contribution in [2.75, 3.05) is 11.1 Å². The minimum absolute atomic E-state index is 0.125. The SMILES string of the molecule is Nc1ccc(SC(C(=O)Nc2nc(-c3ccc(Cl)cc3)cs2)c2ccccc2)cc1. The first kappa shape index (κ1) is 20.5. The number of nitrogens with zero attached hydrogens (tertiary/aromatic N) is 1. The number of carbonyl (C=O) groups is 1. The van der Waals surface area contributed by atoms with Gasteiger partial charge in [0.05, 0.1) is 5.69 Å². The second kappa shape index (κ2) is 9.34. The number of nitrogens with two attached hydrogens (primary N) is 1. The average molecular weight is 452 g/mol. The largest absolute Gasteiger partial charge is 0.399 e. The maximum atomic E-state index is 13.2. The highest BCUT2D eigenvalue weighted by atomic mass is 35.5. The number of halogens is 1. The van der Waals surface area contributed by atoms with Crippen LogP contribution in [0.4, 0.5) is 10.8 Å². The van der Waals surface area contributed by atoms with E-state index in [0.717, 1.165) is 21.7 Å². The maximum Gasteiger partial charge on any atom is 0.244 e. The van der Waals surface area contributed by atoms with Crippen molar-refractivity contribution in [3.63, 3.8) is 0 Å². The normalized spacial score (nSPS) is 11.8. The van der Waals surface area contributed by atoms with Gasteiger partial charge >= 0.3 is 0 Å². The summed E-state index contributed by atoms with van der Waals surface area (Å²) in [6.07, 6.45) is 0. The van der Waals surface area contributed by atoms with Crippen molar-refractivity contribution in [3.8, 4) is 11.3 Å². The van der Waals surface area contributed by atoms with Crippen molar-refractivity contribution < 1.29 is 4.79 Å². The molecule has 0 fully saturated rings. The number of nitrogen functional groups attached to an aromatic ring is 1. The van der Waals surface area contributed by atoms with Crippen LogP contribution in [-0.4, -0.2) is 10.9 Å². The summed E-state index contributed by atoms with van der Waals surface area (Å²) < 4.78 is 0. The summed E-state index contributed by atoms with van der Waals surface area (Å²) in [6, 6.07) is 24.7. The van der Waals surface area contributed by atoms with Crippen LogP contribution in [0, 0.1) is 0 Å². The van der Waals surface area contributed by atoms with Gasteiger partial charge in [0, 0.05) is 26.5 Å². The Labute approximate surface area is 188 Å². The van der Waals surface area contributed by atoms with Gasteiger partial charge in [-0.2, -0.15) is 0 Å². The van der Waals surface area contributed by atoms with E-state index < -0.39 is 5.25 Å². The minimum Gasteiger partial charge on any atom is -0.399 e. The molecule has 4 aromatic rings. The molecule has 150 valence electrons. The molecule has 0 aliphatic carbocycles. The number of hydrogen-bond acceptors (Lipinski definition) is 5. The minimum atomic E-state index is -0.419. The molecule has 0 bridgehead atoms. The lowest BCUT2D eigenvalue weighted by Crippen LogP contribution is -2.18. The molecule has 7 heteroatoms. The van der Waals surface area contributed by atoms with Crippen molar-refractivity contribution in [2.45, 2.75) is 10.1 Å². The van der Waals surface area contributed by atoms with E-state index in [1.54, 1.807) is 0 Å². The predicted octanol–water partition coefficient (Wildman–Crippen LogP) is 6.52. The zero-order chi connectivity index (χ0) is 20.9. The van der Waals surface area contributed by atoms with Crippen LogP contribution in [0.1, 0.15) is 10.8 Å². The topological polar surface area (TPSA) is 68.0 Å². The summed E-state index contributed by atoms with van der Waals surface area (Å²) in [5.41, 5.74) is 9.15. The molecule has 3 aromatic carbocycles. The molecule has 1 heterocycles. The van der Waals surface area contributed by atoms with E-state index in [-0.39, 0.29) is 5.91 Å². The zero-order valence-corrected chi connectivity index (χ0v) is 18.2. The number of aromatic nitrogens is 1. The van der Waals surface area contributed by atoms with E-state index in [9.17, 15) is 4.79 Å². The number of carbonyl (C=O) groups excluding carboxylic acids is 1. The molecule has 4 rings (SSSR count). The lowest BCUT2D eigenvalue weighted by molar-refractivity contribution is -0.115. The summed E-state index contributed by atoms with van der Waals surface area (Å²) in [6.45, 7) is 0. The van der Waals surface area contributed by atoms with E-state index in [0.29, 0.717) is 15.8 Å². The van der Waals surface area contributed by atoms with Gasteiger partial charge in [0.15, 0.2) is 5.13 Å². The van der Waals surface area contributed by atoms with Gasteiger partial charge in [-0.05, 0) is 42.0 Å². The molecular formula is C23H18ClN3OS2. The lowest BCUT2D eigenvalue weighted by atomic mass is 10.1. The number of benzene rings is 3. The number of anilines is 2. The van der Waals surface area contributed by atoms with Crippen LogP contribution in [0.2, 0.25) is 5.02 Å². The van der Waals surface area contributed by atoms with Gasteiger partial charge in [-0.3, -0.25) is 4.79 Å². The molecule has 1 aromatic heterocycles. The van der Waals surface area contributed by atoms with Gasteiger partial charge in [0.2, 0.25) is 5.91 Å². The Bertz CT molecular complexity index is 1130. The Balaban J connectivity index is 1.54. The van der Waals surface area contributed by atoms with E-state index in [2.05, 4.69) is 10.3 Å². The molecule has 1 amide bonds. The quantitative estimate of drug-likeness (QED) is 0.258. The summed E-state index contributed by atoms with van der Waals surface area (Å²) >= 11 is 8.83. The first-order valence-electron chi connectivity index (χ1n) is 9.18. The lowest BCUT2D eigenvalue weighted by Gasteiger charge is -2.16. The van der Waals surface area contributed by atoms with E-state index in [4.69, 9.17) is 17.3 Å². The number of hydrogen-bond donors (Lipinski definition) is 2. The summed E-state index contributed by atoms with van der Waals surface area (Å²) in [4.78, 5) is 18.7. The Morgan fingerprint density at radius 1 is 1.00 bits per heavy atom. The molecule has 0 saturated heterocycles. The van der Waals surface area contributed by atoms with E-state index in [1.807, 2.05) is 84.2 Å².